The van der Waals surface area contributed by atoms with Crippen LogP contribution in [0.2, 0.25) is 0 Å². The van der Waals surface area contributed by atoms with Crippen LogP contribution in [0.3, 0.4) is 0 Å². The Balaban J connectivity index is 1.49. The van der Waals surface area contributed by atoms with E-state index in [1.54, 1.807) is 16.8 Å². The number of halogens is 1. The van der Waals surface area contributed by atoms with Gasteiger partial charge in [0.15, 0.2) is 5.82 Å². The third-order valence-corrected chi connectivity index (χ3v) is 6.42. The van der Waals surface area contributed by atoms with Crippen LogP contribution in [0.15, 0.2) is 24.7 Å². The molecule has 12 nitrogen and oxygen atoms in total. The number of hydrogen-bond donors (Lipinski definition) is 3. The number of carboxylic acid groups (broad SMARTS) is 1. The number of pyridine rings is 1. The summed E-state index contributed by atoms with van der Waals surface area (Å²) in [5, 5.41) is 16.1. The van der Waals surface area contributed by atoms with Crippen LogP contribution in [0.25, 0.3) is 16.8 Å². The van der Waals surface area contributed by atoms with Gasteiger partial charge >= 0.3 is 6.09 Å². The maximum Gasteiger partial charge on any atom is 0.407 e. The van der Waals surface area contributed by atoms with Crippen molar-refractivity contribution in [1.29, 1.82) is 0 Å². The Hall–Kier alpha value is -4.00. The van der Waals surface area contributed by atoms with Crippen molar-refractivity contribution in [1.82, 2.24) is 34.7 Å². The molecule has 5 heterocycles. The molecule has 0 aromatic carbocycles. The summed E-state index contributed by atoms with van der Waals surface area (Å²) in [6.07, 6.45) is 1.31. The number of alkyl halides is 1. The molecule has 2 aliphatic heterocycles. The fourth-order valence-corrected chi connectivity index (χ4v) is 4.47. The number of ether oxygens (including phenoxy) is 1. The summed E-state index contributed by atoms with van der Waals surface area (Å²) in [5.74, 6) is -0.211. The van der Waals surface area contributed by atoms with E-state index in [2.05, 4.69) is 25.3 Å². The predicted octanol–water partition coefficient (Wildman–Crippen LogP) is 1.02. The zero-order valence-electron chi connectivity index (χ0n) is 19.0. The Labute approximate surface area is 199 Å². The molecule has 2 atom stereocenters. The predicted molar refractivity (Wildman–Crippen MR) is 123 cm³/mol. The minimum absolute atomic E-state index is 0.0607. The first-order chi connectivity index (χ1) is 16.9. The number of fused-ring (bicyclic) bond motifs is 1. The van der Waals surface area contributed by atoms with Crippen LogP contribution in [0.5, 0.6) is 5.88 Å². The number of nitrogens with one attached hydrogen (secondary N) is 1. The molecule has 0 saturated carbocycles. The molecule has 2 fully saturated rings. The first-order valence-corrected chi connectivity index (χ1v) is 11.2. The third-order valence-electron chi connectivity index (χ3n) is 6.42. The van der Waals surface area contributed by atoms with Crippen molar-refractivity contribution in [2.45, 2.75) is 25.2 Å². The lowest BCUT2D eigenvalue weighted by atomic mass is 10.1. The Morgan fingerprint density at radius 3 is 2.74 bits per heavy atom. The van der Waals surface area contributed by atoms with Gasteiger partial charge in [-0.25, -0.2) is 23.7 Å². The van der Waals surface area contributed by atoms with E-state index >= 15 is 0 Å². The second-order valence-electron chi connectivity index (χ2n) is 8.65. The van der Waals surface area contributed by atoms with E-state index in [4.69, 9.17) is 15.6 Å². The largest absolute Gasteiger partial charge is 0.480 e. The maximum absolute atomic E-state index is 14.4. The summed E-state index contributed by atoms with van der Waals surface area (Å²) in [4.78, 5) is 35.9. The number of nitrogens with zero attached hydrogens (tertiary/aromatic N) is 6. The third kappa shape index (κ3) is 4.18. The van der Waals surface area contributed by atoms with Gasteiger partial charge in [0.05, 0.1) is 25.4 Å². The van der Waals surface area contributed by atoms with Gasteiger partial charge < -0.3 is 25.8 Å². The molecule has 2 saturated heterocycles. The summed E-state index contributed by atoms with van der Waals surface area (Å²) in [6, 6.07) is 2.56. The standard InChI is InChI=1S/C22H25FN8O4/c1-35-21-14(20(32)28-16-10-30(22(33)34)9-15(16)23)5-12(7-25-21)17-6-13(8-29-3-2-4-29)18-19(24)26-11-27-31(17)18/h5-7,11,15-16H,2-4,8-10H2,1H3,(H,28,32)(H,33,34)(H2,24,26,27)/t15-,16+/m0/s1. The molecule has 0 aliphatic carbocycles. The number of carbonyl (C=O) groups excluding carboxylic acids is 1. The molecule has 4 N–H and O–H groups in total. The number of hydrogen-bond acceptors (Lipinski definition) is 8. The molecule has 3 aromatic heterocycles. The van der Waals surface area contributed by atoms with Crippen molar-refractivity contribution < 1.29 is 23.8 Å². The number of nitrogen functional groups attached to an aromatic ring is 1. The molecule has 0 radical (unpaired) electrons. The van der Waals surface area contributed by atoms with E-state index in [1.807, 2.05) is 6.07 Å². The highest BCUT2D eigenvalue weighted by atomic mass is 19.1. The van der Waals surface area contributed by atoms with Crippen molar-refractivity contribution in [2.75, 3.05) is 39.0 Å². The summed E-state index contributed by atoms with van der Waals surface area (Å²) >= 11 is 0. The molecule has 13 heteroatoms. The second kappa shape index (κ2) is 8.98. The molecule has 2 aliphatic rings. The lowest BCUT2D eigenvalue weighted by Gasteiger charge is -2.30. The summed E-state index contributed by atoms with van der Waals surface area (Å²) < 4.78 is 21.3. The highest BCUT2D eigenvalue weighted by Crippen LogP contribution is 2.31. The summed E-state index contributed by atoms with van der Waals surface area (Å²) in [6.45, 7) is 2.26. The number of carbonyl (C=O) groups is 2. The number of nitrogens with two attached hydrogens (primary N) is 1. The van der Waals surface area contributed by atoms with E-state index in [-0.39, 0.29) is 24.5 Å². The van der Waals surface area contributed by atoms with E-state index in [1.165, 1.54) is 13.4 Å². The fraction of sp³-hybridized carbons (Fsp3) is 0.409. The van der Waals surface area contributed by atoms with Gasteiger partial charge in [0.2, 0.25) is 5.88 Å². The minimum atomic E-state index is -1.52. The topological polar surface area (TPSA) is 151 Å². The fourth-order valence-electron chi connectivity index (χ4n) is 4.47. The van der Waals surface area contributed by atoms with Crippen molar-refractivity contribution in [2.24, 2.45) is 0 Å². The number of amides is 2. The Kier molecular flexibility index (Phi) is 5.84. The summed E-state index contributed by atoms with van der Waals surface area (Å²) in [5.41, 5.74) is 9.15. The smallest absolute Gasteiger partial charge is 0.407 e. The lowest BCUT2D eigenvalue weighted by Crippen LogP contribution is -2.41. The Morgan fingerprint density at radius 2 is 2.09 bits per heavy atom. The van der Waals surface area contributed by atoms with E-state index in [0.29, 0.717) is 29.1 Å². The SMILES string of the molecule is COc1ncc(-c2cc(CN3CCC3)c3c(N)ncnn23)cc1C(=O)N[C@@H]1CN(C(=O)O)C[C@@H]1F. The molecule has 184 valence electrons. The van der Waals surface area contributed by atoms with Gasteiger partial charge in [-0.1, -0.05) is 0 Å². The Morgan fingerprint density at radius 1 is 1.29 bits per heavy atom. The van der Waals surface area contributed by atoms with E-state index in [9.17, 15) is 14.0 Å². The average molecular weight is 484 g/mol. The van der Waals surface area contributed by atoms with Crippen LogP contribution in [-0.2, 0) is 6.54 Å². The van der Waals surface area contributed by atoms with Crippen LogP contribution in [0, 0.1) is 0 Å². The van der Waals surface area contributed by atoms with Gasteiger partial charge in [-0.2, -0.15) is 5.10 Å². The average Bonchev–Trinajstić information content (AvgIpc) is 3.37. The van der Waals surface area contributed by atoms with Gasteiger partial charge in [0.1, 0.15) is 23.6 Å². The Bertz CT molecular complexity index is 1290. The molecule has 35 heavy (non-hydrogen) atoms. The maximum atomic E-state index is 14.4. The van der Waals surface area contributed by atoms with Gasteiger partial charge in [0, 0.05) is 24.8 Å². The van der Waals surface area contributed by atoms with E-state index in [0.717, 1.165) is 30.0 Å². The van der Waals surface area contributed by atoms with Gasteiger partial charge in [-0.05, 0) is 37.2 Å². The zero-order chi connectivity index (χ0) is 24.7. The number of methoxy groups -OCH3 is 1. The van der Waals surface area contributed by atoms with Crippen LogP contribution < -0.4 is 15.8 Å². The van der Waals surface area contributed by atoms with E-state index < -0.39 is 24.2 Å². The number of aromatic nitrogens is 4. The number of anilines is 1. The summed E-state index contributed by atoms with van der Waals surface area (Å²) in [7, 11) is 1.38. The molecule has 5 rings (SSSR count). The lowest BCUT2D eigenvalue weighted by molar-refractivity contribution is 0.0918. The second-order valence-corrected chi connectivity index (χ2v) is 8.65. The molecular formula is C22H25FN8O4. The number of likely N-dealkylation sites (tertiary alicyclic amines) is 2. The number of rotatable bonds is 6. The van der Waals surface area contributed by atoms with Crippen molar-refractivity contribution in [3.05, 3.63) is 35.8 Å². The van der Waals surface area contributed by atoms with Crippen LogP contribution in [0.4, 0.5) is 15.0 Å². The van der Waals surface area contributed by atoms with Crippen molar-refractivity contribution >= 4 is 23.3 Å². The highest BCUT2D eigenvalue weighted by molar-refractivity contribution is 5.98. The van der Waals surface area contributed by atoms with Crippen LogP contribution >= 0.6 is 0 Å². The normalized spacial score (nSPS) is 20.1. The van der Waals surface area contributed by atoms with Gasteiger partial charge in [-0.3, -0.25) is 9.69 Å². The first-order valence-electron chi connectivity index (χ1n) is 11.2. The monoisotopic (exact) mass is 484 g/mol. The van der Waals surface area contributed by atoms with Crippen molar-refractivity contribution in [3.63, 3.8) is 0 Å². The molecule has 0 unspecified atom stereocenters. The first kappa shape index (κ1) is 22.8. The van der Waals surface area contributed by atoms with Crippen molar-refractivity contribution in [3.8, 4) is 17.1 Å². The molecular weight excluding hydrogens is 459 g/mol. The van der Waals surface area contributed by atoms with Crippen LogP contribution in [-0.4, -0.2) is 92.0 Å². The molecule has 3 aromatic rings. The highest BCUT2D eigenvalue weighted by Gasteiger charge is 2.37. The molecule has 2 amide bonds. The van der Waals surface area contributed by atoms with Gasteiger partial charge in [0.25, 0.3) is 5.91 Å². The molecule has 0 spiro atoms. The minimum Gasteiger partial charge on any atom is -0.480 e. The zero-order valence-corrected chi connectivity index (χ0v) is 19.0. The van der Waals surface area contributed by atoms with Gasteiger partial charge in [-0.15, -0.1) is 0 Å². The van der Waals surface area contributed by atoms with Crippen LogP contribution in [0.1, 0.15) is 22.3 Å². The quantitative estimate of drug-likeness (QED) is 0.466. The molecule has 0 bridgehead atoms.